The van der Waals surface area contributed by atoms with Crippen LogP contribution < -0.4 is 5.32 Å². The Kier molecular flexibility index (Phi) is 6.73. The highest BCUT2D eigenvalue weighted by molar-refractivity contribution is 5.91. The maximum absolute atomic E-state index is 12.6. The molecule has 1 aliphatic heterocycles. The predicted octanol–water partition coefficient (Wildman–Crippen LogP) is 1.41. The second-order valence-corrected chi connectivity index (χ2v) is 5.57. The van der Waals surface area contributed by atoms with Crippen LogP contribution in [0.5, 0.6) is 0 Å². The van der Waals surface area contributed by atoms with Gasteiger partial charge in [-0.1, -0.05) is 0 Å². The summed E-state index contributed by atoms with van der Waals surface area (Å²) < 4.78 is 1.62. The topological polar surface area (TPSA) is 75.4 Å². The molecular formula is C14H22Cl2N6O. The SMILES string of the molecule is CNC1CCCN(C(=O)c2nc3nc(C)cc(C)n3n2)C1.Cl.Cl. The maximum Gasteiger partial charge on any atom is 0.293 e. The standard InChI is InChI=1S/C14H20N6O.2ClH/c1-9-7-10(2)20-14(16-9)17-12(18-20)13(21)19-6-4-5-11(8-19)15-3;;/h7,11,15H,4-6,8H2,1-3H3;2*1H. The zero-order chi connectivity index (χ0) is 15.0. The summed E-state index contributed by atoms with van der Waals surface area (Å²) in [5, 5.41) is 7.54. The third-order valence-corrected chi connectivity index (χ3v) is 3.93. The first-order valence-corrected chi connectivity index (χ1v) is 7.26. The predicted molar refractivity (Wildman–Crippen MR) is 92.7 cm³/mol. The number of halogens is 2. The van der Waals surface area contributed by atoms with Crippen molar-refractivity contribution in [2.45, 2.75) is 32.7 Å². The highest BCUT2D eigenvalue weighted by atomic mass is 35.5. The van der Waals surface area contributed by atoms with Gasteiger partial charge in [-0.2, -0.15) is 4.98 Å². The molecular weight excluding hydrogens is 339 g/mol. The average molecular weight is 361 g/mol. The Morgan fingerprint density at radius 1 is 1.30 bits per heavy atom. The number of aryl methyl sites for hydroxylation is 2. The lowest BCUT2D eigenvalue weighted by atomic mass is 10.1. The van der Waals surface area contributed by atoms with E-state index in [1.54, 1.807) is 4.52 Å². The van der Waals surface area contributed by atoms with Crippen LogP contribution in [0.15, 0.2) is 6.07 Å². The highest BCUT2D eigenvalue weighted by Gasteiger charge is 2.26. The lowest BCUT2D eigenvalue weighted by Crippen LogP contribution is -2.47. The van der Waals surface area contributed by atoms with E-state index in [0.717, 1.165) is 30.8 Å². The number of fused-ring (bicyclic) bond motifs is 1. The molecule has 1 unspecified atom stereocenters. The monoisotopic (exact) mass is 360 g/mol. The maximum atomic E-state index is 12.6. The molecule has 0 spiro atoms. The second kappa shape index (κ2) is 7.90. The van der Waals surface area contributed by atoms with Crippen LogP contribution in [0.3, 0.4) is 0 Å². The number of aromatic nitrogens is 4. The van der Waals surface area contributed by atoms with Gasteiger partial charge in [-0.3, -0.25) is 4.79 Å². The van der Waals surface area contributed by atoms with E-state index in [4.69, 9.17) is 0 Å². The number of hydrogen-bond donors (Lipinski definition) is 1. The van der Waals surface area contributed by atoms with Gasteiger partial charge in [0.2, 0.25) is 5.82 Å². The summed E-state index contributed by atoms with van der Waals surface area (Å²) in [6.07, 6.45) is 2.10. The number of hydrogen-bond acceptors (Lipinski definition) is 5. The molecule has 23 heavy (non-hydrogen) atoms. The molecule has 128 valence electrons. The summed E-state index contributed by atoms with van der Waals surface area (Å²) in [4.78, 5) is 23.0. The fourth-order valence-electron chi connectivity index (χ4n) is 2.80. The van der Waals surface area contributed by atoms with Gasteiger partial charge in [0.05, 0.1) is 0 Å². The minimum absolute atomic E-state index is 0. The molecule has 1 amide bonds. The molecule has 0 bridgehead atoms. The van der Waals surface area contributed by atoms with Gasteiger partial charge in [-0.25, -0.2) is 9.50 Å². The Bertz CT molecular complexity index is 689. The van der Waals surface area contributed by atoms with Crippen LogP contribution in [-0.2, 0) is 0 Å². The quantitative estimate of drug-likeness (QED) is 0.875. The lowest BCUT2D eigenvalue weighted by Gasteiger charge is -2.31. The number of amides is 1. The zero-order valence-corrected chi connectivity index (χ0v) is 15.1. The molecule has 2 aromatic rings. The molecule has 2 aromatic heterocycles. The summed E-state index contributed by atoms with van der Waals surface area (Å²) in [6.45, 7) is 5.31. The van der Waals surface area contributed by atoms with Gasteiger partial charge in [0.15, 0.2) is 0 Å². The average Bonchev–Trinajstić information content (AvgIpc) is 2.90. The Morgan fingerprint density at radius 2 is 2.04 bits per heavy atom. The third-order valence-electron chi connectivity index (χ3n) is 3.93. The molecule has 1 atom stereocenters. The van der Waals surface area contributed by atoms with Crippen molar-refractivity contribution in [3.63, 3.8) is 0 Å². The fourth-order valence-corrected chi connectivity index (χ4v) is 2.80. The second-order valence-electron chi connectivity index (χ2n) is 5.57. The molecule has 0 aliphatic carbocycles. The Morgan fingerprint density at radius 3 is 2.74 bits per heavy atom. The molecule has 3 heterocycles. The van der Waals surface area contributed by atoms with Crippen LogP contribution in [0.2, 0.25) is 0 Å². The number of carbonyl (C=O) groups excluding carboxylic acids is 1. The number of piperidine rings is 1. The van der Waals surface area contributed by atoms with Crippen molar-refractivity contribution in [1.82, 2.24) is 29.8 Å². The van der Waals surface area contributed by atoms with E-state index in [1.807, 2.05) is 31.9 Å². The van der Waals surface area contributed by atoms with E-state index in [9.17, 15) is 4.79 Å². The number of rotatable bonds is 2. The summed E-state index contributed by atoms with van der Waals surface area (Å²) in [5.74, 6) is 0.600. The summed E-state index contributed by atoms with van der Waals surface area (Å²) in [6, 6.07) is 2.27. The van der Waals surface area contributed by atoms with Crippen LogP contribution >= 0.6 is 24.8 Å². The van der Waals surface area contributed by atoms with Crippen LogP contribution in [0, 0.1) is 13.8 Å². The number of nitrogens with zero attached hydrogens (tertiary/aromatic N) is 5. The molecule has 0 saturated carbocycles. The first-order valence-electron chi connectivity index (χ1n) is 7.26. The van der Waals surface area contributed by atoms with Crippen LogP contribution in [-0.4, -0.2) is 56.6 Å². The Balaban J connectivity index is 0.00000132. The minimum atomic E-state index is -0.113. The van der Waals surface area contributed by atoms with Crippen molar-refractivity contribution in [3.05, 3.63) is 23.3 Å². The molecule has 7 nitrogen and oxygen atoms in total. The number of carbonyl (C=O) groups is 1. The minimum Gasteiger partial charge on any atom is -0.334 e. The van der Waals surface area contributed by atoms with E-state index in [2.05, 4.69) is 20.4 Å². The van der Waals surface area contributed by atoms with Gasteiger partial charge in [-0.15, -0.1) is 29.9 Å². The van der Waals surface area contributed by atoms with E-state index in [-0.39, 0.29) is 36.5 Å². The summed E-state index contributed by atoms with van der Waals surface area (Å²) >= 11 is 0. The highest BCUT2D eigenvalue weighted by Crippen LogP contribution is 2.13. The fraction of sp³-hybridized carbons (Fsp3) is 0.571. The van der Waals surface area contributed by atoms with E-state index in [1.165, 1.54) is 0 Å². The van der Waals surface area contributed by atoms with Crippen molar-refractivity contribution in [1.29, 1.82) is 0 Å². The number of nitrogens with one attached hydrogen (secondary N) is 1. The Hall–Kier alpha value is -1.44. The molecule has 1 N–H and O–H groups in total. The smallest absolute Gasteiger partial charge is 0.293 e. The van der Waals surface area contributed by atoms with Gasteiger partial charge < -0.3 is 10.2 Å². The zero-order valence-electron chi connectivity index (χ0n) is 13.4. The molecule has 9 heteroatoms. The number of likely N-dealkylation sites (N-methyl/N-ethyl adjacent to an activating group) is 1. The van der Waals surface area contributed by atoms with Gasteiger partial charge in [0.25, 0.3) is 11.7 Å². The van der Waals surface area contributed by atoms with E-state index in [0.29, 0.717) is 18.4 Å². The van der Waals surface area contributed by atoms with Crippen molar-refractivity contribution >= 4 is 36.5 Å². The first kappa shape index (κ1) is 19.6. The molecule has 0 radical (unpaired) electrons. The van der Waals surface area contributed by atoms with Crippen molar-refractivity contribution in [2.24, 2.45) is 0 Å². The first-order chi connectivity index (χ1) is 10.1. The molecule has 0 aromatic carbocycles. The van der Waals surface area contributed by atoms with Gasteiger partial charge >= 0.3 is 0 Å². The van der Waals surface area contributed by atoms with Crippen LogP contribution in [0.4, 0.5) is 0 Å². The third kappa shape index (κ3) is 3.91. The van der Waals surface area contributed by atoms with E-state index < -0.39 is 0 Å². The van der Waals surface area contributed by atoms with Gasteiger partial charge in [0, 0.05) is 30.5 Å². The van der Waals surface area contributed by atoms with Gasteiger partial charge in [0.1, 0.15) is 0 Å². The molecule has 1 fully saturated rings. The van der Waals surface area contributed by atoms with Gasteiger partial charge in [-0.05, 0) is 39.8 Å². The molecule has 3 rings (SSSR count). The van der Waals surface area contributed by atoms with Crippen LogP contribution in [0.25, 0.3) is 5.78 Å². The normalized spacial score (nSPS) is 17.5. The van der Waals surface area contributed by atoms with Crippen molar-refractivity contribution < 1.29 is 4.79 Å². The number of likely N-dealkylation sites (tertiary alicyclic amines) is 1. The lowest BCUT2D eigenvalue weighted by molar-refractivity contribution is 0.0686. The summed E-state index contributed by atoms with van der Waals surface area (Å²) in [5.41, 5.74) is 1.80. The molecule has 1 saturated heterocycles. The molecule has 1 aliphatic rings. The van der Waals surface area contributed by atoms with Crippen molar-refractivity contribution in [3.8, 4) is 0 Å². The van der Waals surface area contributed by atoms with Crippen molar-refractivity contribution in [2.75, 3.05) is 20.1 Å². The Labute approximate surface area is 147 Å². The summed E-state index contributed by atoms with van der Waals surface area (Å²) in [7, 11) is 1.93. The van der Waals surface area contributed by atoms with Crippen LogP contribution in [0.1, 0.15) is 34.8 Å². The van der Waals surface area contributed by atoms with E-state index >= 15 is 0 Å². The largest absolute Gasteiger partial charge is 0.334 e.